The van der Waals surface area contributed by atoms with Gasteiger partial charge in [0.25, 0.3) is 5.91 Å². The van der Waals surface area contributed by atoms with Crippen LogP contribution in [0.3, 0.4) is 0 Å². The monoisotopic (exact) mass is 728 g/mol. The number of hydrogen-bond donors (Lipinski definition) is 9. The minimum atomic E-state index is -1.83. The van der Waals surface area contributed by atoms with E-state index in [2.05, 4.69) is 26.3 Å². The number of aromatic amines is 1. The molecule has 1 heterocycles. The number of amides is 4. The van der Waals surface area contributed by atoms with E-state index in [4.69, 9.17) is 10.8 Å². The molecule has 4 amide bonds. The number of aromatic carboxylic acids is 1. The van der Waals surface area contributed by atoms with Crippen LogP contribution in [-0.2, 0) is 36.8 Å². The zero-order valence-electron chi connectivity index (χ0n) is 29.2. The number of carboxylic acids is 2. The van der Waals surface area contributed by atoms with E-state index >= 15 is 0 Å². The van der Waals surface area contributed by atoms with Crippen LogP contribution in [0.25, 0.3) is 10.9 Å². The van der Waals surface area contributed by atoms with Gasteiger partial charge < -0.3 is 47.3 Å². The summed E-state index contributed by atoms with van der Waals surface area (Å²) < 4.78 is 0. The Morgan fingerprint density at radius 2 is 1.45 bits per heavy atom. The molecule has 280 valence electrons. The van der Waals surface area contributed by atoms with Gasteiger partial charge in [0.2, 0.25) is 17.7 Å². The van der Waals surface area contributed by atoms with Crippen molar-refractivity contribution in [1.82, 2.24) is 20.9 Å². The summed E-state index contributed by atoms with van der Waals surface area (Å²) in [5.41, 5.74) is 7.97. The van der Waals surface area contributed by atoms with Crippen LogP contribution in [-0.4, -0.2) is 86.1 Å². The van der Waals surface area contributed by atoms with Crippen LogP contribution in [0.2, 0.25) is 0 Å². The van der Waals surface area contributed by atoms with Gasteiger partial charge in [0.05, 0.1) is 17.6 Å². The Morgan fingerprint density at radius 1 is 0.755 bits per heavy atom. The molecular formula is C38H44N6O9. The number of rotatable bonds is 18. The molecule has 0 aliphatic carbocycles. The SMILES string of the molecule is CC(C)[C@H](NC(=O)[C@@H](N)CCC(=O)O)C(=O)N[C@@H](Cc1cc2ccccc2[nH]1)C(=O)N[C@@H](Cc1ccccc1)[C@@H](O)C(=O)Nc1cccc(C(=O)O)c1. The third-order valence-electron chi connectivity index (χ3n) is 8.55. The van der Waals surface area contributed by atoms with Gasteiger partial charge in [-0.25, -0.2) is 4.79 Å². The van der Waals surface area contributed by atoms with Crippen molar-refractivity contribution in [1.29, 1.82) is 0 Å². The molecule has 10 N–H and O–H groups in total. The molecule has 5 atom stereocenters. The number of aliphatic hydroxyl groups is 1. The number of carbonyl (C=O) groups is 6. The zero-order valence-corrected chi connectivity index (χ0v) is 29.2. The normalized spacial score (nSPS) is 14.0. The molecule has 0 unspecified atom stereocenters. The maximum absolute atomic E-state index is 14.2. The number of nitrogens with one attached hydrogen (secondary N) is 5. The lowest BCUT2D eigenvalue weighted by atomic mass is 9.98. The second-order valence-electron chi connectivity index (χ2n) is 13.0. The first-order chi connectivity index (χ1) is 25.2. The summed E-state index contributed by atoms with van der Waals surface area (Å²) in [6, 6.07) is 18.6. The number of para-hydroxylation sites is 1. The Morgan fingerprint density at radius 3 is 2.11 bits per heavy atom. The lowest BCUT2D eigenvalue weighted by Gasteiger charge is -2.29. The topological polar surface area (TPSA) is 253 Å². The minimum absolute atomic E-state index is 0.00228. The predicted molar refractivity (Wildman–Crippen MR) is 196 cm³/mol. The Hall–Kier alpha value is -6.06. The number of carbonyl (C=O) groups excluding carboxylic acids is 4. The first-order valence-electron chi connectivity index (χ1n) is 17.0. The summed E-state index contributed by atoms with van der Waals surface area (Å²) in [6.45, 7) is 3.36. The number of H-pyrrole nitrogens is 1. The van der Waals surface area contributed by atoms with Gasteiger partial charge >= 0.3 is 11.9 Å². The largest absolute Gasteiger partial charge is 0.481 e. The van der Waals surface area contributed by atoms with Crippen LogP contribution in [0.1, 0.15) is 48.3 Å². The quantitative estimate of drug-likeness (QED) is 0.0720. The maximum atomic E-state index is 14.2. The zero-order chi connectivity index (χ0) is 38.7. The van der Waals surface area contributed by atoms with Gasteiger partial charge in [-0.3, -0.25) is 24.0 Å². The second-order valence-corrected chi connectivity index (χ2v) is 13.0. The number of fused-ring (bicyclic) bond motifs is 1. The van der Waals surface area contributed by atoms with Gasteiger partial charge in [0.15, 0.2) is 6.10 Å². The minimum Gasteiger partial charge on any atom is -0.481 e. The Bertz CT molecular complexity index is 1900. The highest BCUT2D eigenvalue weighted by molar-refractivity contribution is 5.97. The third-order valence-corrected chi connectivity index (χ3v) is 8.55. The number of aromatic nitrogens is 1. The van der Waals surface area contributed by atoms with Gasteiger partial charge in [0.1, 0.15) is 12.1 Å². The Balaban J connectivity index is 1.60. The fourth-order valence-electron chi connectivity index (χ4n) is 5.66. The molecule has 0 saturated carbocycles. The number of hydrogen-bond acceptors (Lipinski definition) is 8. The Kier molecular flexibility index (Phi) is 13.8. The summed E-state index contributed by atoms with van der Waals surface area (Å²) in [5, 5.41) is 41.1. The van der Waals surface area contributed by atoms with E-state index in [0.717, 1.165) is 10.9 Å². The van der Waals surface area contributed by atoms with Crippen LogP contribution in [0.15, 0.2) is 84.9 Å². The third kappa shape index (κ3) is 11.5. The molecule has 0 aliphatic rings. The van der Waals surface area contributed by atoms with Crippen molar-refractivity contribution in [2.45, 2.75) is 69.8 Å². The van der Waals surface area contributed by atoms with Crippen molar-refractivity contribution in [2.75, 3.05) is 5.32 Å². The van der Waals surface area contributed by atoms with E-state index < -0.39 is 71.8 Å². The van der Waals surface area contributed by atoms with E-state index in [-0.39, 0.29) is 36.9 Å². The maximum Gasteiger partial charge on any atom is 0.335 e. The van der Waals surface area contributed by atoms with Crippen LogP contribution in [0.4, 0.5) is 5.69 Å². The average molecular weight is 729 g/mol. The molecule has 4 rings (SSSR count). The highest BCUT2D eigenvalue weighted by Crippen LogP contribution is 2.18. The van der Waals surface area contributed by atoms with Gasteiger partial charge in [-0.1, -0.05) is 68.4 Å². The van der Waals surface area contributed by atoms with E-state index in [0.29, 0.717) is 11.3 Å². The molecular weight excluding hydrogens is 684 g/mol. The highest BCUT2D eigenvalue weighted by atomic mass is 16.4. The van der Waals surface area contributed by atoms with Crippen LogP contribution in [0.5, 0.6) is 0 Å². The van der Waals surface area contributed by atoms with E-state index in [1.165, 1.54) is 24.3 Å². The highest BCUT2D eigenvalue weighted by Gasteiger charge is 2.34. The summed E-state index contributed by atoms with van der Waals surface area (Å²) in [6.07, 6.45) is -2.37. The number of aliphatic hydroxyl groups excluding tert-OH is 1. The van der Waals surface area contributed by atoms with E-state index in [1.807, 2.05) is 30.3 Å². The lowest BCUT2D eigenvalue weighted by molar-refractivity contribution is -0.137. The standard InChI is InChI=1S/C38H44N6O9/c1-21(2)32(44-34(48)27(39)15-16-31(45)46)36(50)43-30(20-26-18-23-11-6-7-14-28(23)40-26)35(49)42-29(17-22-9-4-3-5-10-22)33(47)37(51)41-25-13-8-12-24(19-25)38(52)53/h3-14,18-19,21,27,29-30,32-33,40,47H,15-17,20,39H2,1-2H3,(H,41,51)(H,42,49)(H,43,50)(H,44,48)(H,45,46)(H,52,53)/t27-,29-,30-,32-,33+/m0/s1. The van der Waals surface area contributed by atoms with E-state index in [1.54, 1.807) is 44.2 Å². The second kappa shape index (κ2) is 18.4. The average Bonchev–Trinajstić information content (AvgIpc) is 3.54. The van der Waals surface area contributed by atoms with Crippen molar-refractivity contribution < 1.29 is 44.1 Å². The van der Waals surface area contributed by atoms with Crippen LogP contribution < -0.4 is 27.0 Å². The molecule has 0 fully saturated rings. The number of benzene rings is 3. The molecule has 0 radical (unpaired) electrons. The number of nitrogens with two attached hydrogens (primary N) is 1. The first kappa shape index (κ1) is 39.7. The van der Waals surface area contributed by atoms with E-state index in [9.17, 15) is 39.0 Å². The molecule has 0 saturated heterocycles. The molecule has 53 heavy (non-hydrogen) atoms. The summed E-state index contributed by atoms with van der Waals surface area (Å²) in [4.78, 5) is 79.8. The fourth-order valence-corrected chi connectivity index (χ4v) is 5.66. The van der Waals surface area contributed by atoms with Gasteiger partial charge in [-0.15, -0.1) is 0 Å². The summed E-state index contributed by atoms with van der Waals surface area (Å²) >= 11 is 0. The molecule has 1 aromatic heterocycles. The number of anilines is 1. The van der Waals surface area contributed by atoms with Gasteiger partial charge in [-0.2, -0.15) is 0 Å². The first-order valence-corrected chi connectivity index (χ1v) is 17.0. The molecule has 3 aromatic carbocycles. The molecule has 15 heteroatoms. The van der Waals surface area contributed by atoms with Gasteiger partial charge in [0, 0.05) is 29.7 Å². The van der Waals surface area contributed by atoms with Crippen molar-refractivity contribution in [3.05, 3.63) is 102 Å². The number of aliphatic carboxylic acids is 1. The van der Waals surface area contributed by atoms with Gasteiger partial charge in [-0.05, 0) is 60.0 Å². The van der Waals surface area contributed by atoms with Crippen LogP contribution in [0, 0.1) is 5.92 Å². The van der Waals surface area contributed by atoms with Crippen LogP contribution >= 0.6 is 0 Å². The molecule has 0 spiro atoms. The number of carboxylic acid groups (broad SMARTS) is 2. The molecule has 15 nitrogen and oxygen atoms in total. The smallest absolute Gasteiger partial charge is 0.335 e. The predicted octanol–water partition coefficient (Wildman–Crippen LogP) is 1.95. The molecule has 0 aliphatic heterocycles. The van der Waals surface area contributed by atoms with Crippen molar-refractivity contribution in [3.63, 3.8) is 0 Å². The summed E-state index contributed by atoms with van der Waals surface area (Å²) in [7, 11) is 0. The Labute approximate surface area is 305 Å². The summed E-state index contributed by atoms with van der Waals surface area (Å²) in [5.74, 6) is -5.92. The fraction of sp³-hybridized carbons (Fsp3) is 0.316. The molecule has 4 aromatic rings. The molecule has 0 bridgehead atoms. The van der Waals surface area contributed by atoms with Crippen molar-refractivity contribution in [3.8, 4) is 0 Å². The lowest BCUT2D eigenvalue weighted by Crippen LogP contribution is -2.60. The van der Waals surface area contributed by atoms with Crippen molar-refractivity contribution in [2.24, 2.45) is 11.7 Å². The van der Waals surface area contributed by atoms with Crippen molar-refractivity contribution >= 4 is 52.2 Å².